The van der Waals surface area contributed by atoms with Crippen LogP contribution in [0, 0.1) is 11.3 Å². The highest BCUT2D eigenvalue weighted by Crippen LogP contribution is 2.38. The summed E-state index contributed by atoms with van der Waals surface area (Å²) in [5.41, 5.74) is -0.882. The molecule has 4 N–H and O–H groups in total. The van der Waals surface area contributed by atoms with Gasteiger partial charge in [-0.05, 0) is 36.4 Å². The number of aromatic hydroxyl groups is 4. The van der Waals surface area contributed by atoms with Crippen LogP contribution in [0.4, 0.5) is 0 Å². The number of hydrogen-bond acceptors (Lipinski definition) is 9. The Morgan fingerprint density at radius 1 is 0.938 bits per heavy atom. The van der Waals surface area contributed by atoms with Gasteiger partial charge < -0.3 is 29.6 Å². The summed E-state index contributed by atoms with van der Waals surface area (Å²) in [6.45, 7) is 0. The normalized spacial score (nSPS) is 10.6. The molecule has 3 aromatic carbocycles. The maximum Gasteiger partial charge on any atom is 0.343 e. The van der Waals surface area contributed by atoms with Crippen LogP contribution in [0.5, 0.6) is 28.7 Å². The zero-order valence-electron chi connectivity index (χ0n) is 16.1. The topological polar surface area (TPSA) is 161 Å². The van der Waals surface area contributed by atoms with Crippen LogP contribution in [0.15, 0.2) is 63.8 Å². The largest absolute Gasteiger partial charge is 0.508 e. The van der Waals surface area contributed by atoms with Crippen LogP contribution in [0.2, 0.25) is 0 Å². The Hall–Kier alpha value is -4.97. The van der Waals surface area contributed by atoms with Crippen molar-refractivity contribution >= 4 is 16.9 Å². The number of fused-ring (bicyclic) bond motifs is 1. The molecule has 0 aliphatic rings. The van der Waals surface area contributed by atoms with Gasteiger partial charge in [0.05, 0.1) is 17.2 Å². The minimum atomic E-state index is -0.976. The average molecular weight is 431 g/mol. The molecule has 32 heavy (non-hydrogen) atoms. The molecule has 0 unspecified atom stereocenters. The van der Waals surface area contributed by atoms with Gasteiger partial charge in [0, 0.05) is 17.7 Å². The van der Waals surface area contributed by atoms with E-state index < -0.39 is 34.4 Å². The molecule has 0 atom stereocenters. The van der Waals surface area contributed by atoms with E-state index in [4.69, 9.17) is 14.4 Å². The van der Waals surface area contributed by atoms with Crippen molar-refractivity contribution in [2.24, 2.45) is 0 Å². The van der Waals surface area contributed by atoms with Gasteiger partial charge in [0.2, 0.25) is 11.2 Å². The summed E-state index contributed by atoms with van der Waals surface area (Å²) in [4.78, 5) is 25.9. The van der Waals surface area contributed by atoms with E-state index in [1.807, 2.05) is 6.07 Å². The van der Waals surface area contributed by atoms with Crippen LogP contribution >= 0.6 is 0 Å². The average Bonchev–Trinajstić information content (AvgIpc) is 2.76. The number of phenolic OH excluding ortho intramolecular Hbond substituents is 4. The first kappa shape index (κ1) is 20.3. The van der Waals surface area contributed by atoms with Gasteiger partial charge >= 0.3 is 5.97 Å². The Kier molecular flexibility index (Phi) is 4.88. The summed E-state index contributed by atoms with van der Waals surface area (Å²) in [5, 5.41) is 48.0. The predicted octanol–water partition coefficient (Wildman–Crippen LogP) is 3.37. The molecule has 0 saturated carbocycles. The van der Waals surface area contributed by atoms with Gasteiger partial charge in [-0.2, -0.15) is 5.26 Å². The first-order valence-electron chi connectivity index (χ1n) is 9.06. The van der Waals surface area contributed by atoms with Gasteiger partial charge in [0.1, 0.15) is 22.5 Å². The van der Waals surface area contributed by atoms with Crippen LogP contribution in [0.3, 0.4) is 0 Å². The molecule has 0 aliphatic heterocycles. The lowest BCUT2D eigenvalue weighted by Crippen LogP contribution is -2.16. The SMILES string of the molecule is N#Cc1cccc(C(=O)Oc2c(-c3ccc(O)c(O)c3)oc3cc(O)cc(O)c3c2=O)c1. The fourth-order valence-corrected chi connectivity index (χ4v) is 3.08. The molecular weight excluding hydrogens is 418 g/mol. The molecule has 1 aromatic heterocycles. The maximum atomic E-state index is 13.2. The van der Waals surface area contributed by atoms with Gasteiger partial charge in [-0.3, -0.25) is 4.79 Å². The molecule has 0 amide bonds. The van der Waals surface area contributed by atoms with Crippen LogP contribution in [0.1, 0.15) is 15.9 Å². The van der Waals surface area contributed by atoms with Gasteiger partial charge in [-0.25, -0.2) is 4.79 Å². The fraction of sp³-hybridized carbons (Fsp3) is 0. The Bertz CT molecular complexity index is 1500. The van der Waals surface area contributed by atoms with E-state index >= 15 is 0 Å². The molecule has 0 fully saturated rings. The highest BCUT2D eigenvalue weighted by Gasteiger charge is 2.24. The lowest BCUT2D eigenvalue weighted by Gasteiger charge is -2.12. The smallest absolute Gasteiger partial charge is 0.343 e. The van der Waals surface area contributed by atoms with E-state index in [2.05, 4.69) is 0 Å². The van der Waals surface area contributed by atoms with Gasteiger partial charge in [0.25, 0.3) is 0 Å². The Labute approximate surface area is 179 Å². The zero-order chi connectivity index (χ0) is 23.0. The maximum absolute atomic E-state index is 13.2. The van der Waals surface area contributed by atoms with E-state index in [0.717, 1.165) is 24.3 Å². The standard InChI is InChI=1S/C23H13NO8/c24-10-11-2-1-3-13(6-11)23(30)32-22-20(29)19-17(28)8-14(25)9-18(19)31-21(22)12-4-5-15(26)16(27)7-12/h1-9,25-28H. The molecule has 0 saturated heterocycles. The summed E-state index contributed by atoms with van der Waals surface area (Å²) in [5.74, 6) is -3.81. The molecular formula is C23H13NO8. The molecule has 0 spiro atoms. The van der Waals surface area contributed by atoms with Crippen LogP contribution in [0.25, 0.3) is 22.3 Å². The Balaban J connectivity index is 1.95. The zero-order valence-corrected chi connectivity index (χ0v) is 16.1. The summed E-state index contributed by atoms with van der Waals surface area (Å²) in [6, 6.07) is 13.0. The summed E-state index contributed by atoms with van der Waals surface area (Å²) in [7, 11) is 0. The first-order valence-corrected chi connectivity index (χ1v) is 9.06. The van der Waals surface area contributed by atoms with Crippen LogP contribution < -0.4 is 10.2 Å². The summed E-state index contributed by atoms with van der Waals surface area (Å²) in [6.07, 6.45) is 0. The number of nitriles is 1. The van der Waals surface area contributed by atoms with Gasteiger partial charge in [-0.1, -0.05) is 6.07 Å². The van der Waals surface area contributed by atoms with Crippen molar-refractivity contribution in [3.8, 4) is 46.1 Å². The second-order valence-corrected chi connectivity index (χ2v) is 6.71. The number of rotatable bonds is 3. The second-order valence-electron chi connectivity index (χ2n) is 6.71. The number of phenols is 4. The second kappa shape index (κ2) is 7.70. The number of ether oxygens (including phenoxy) is 1. The van der Waals surface area contributed by atoms with E-state index in [-0.39, 0.29) is 39.2 Å². The van der Waals surface area contributed by atoms with Crippen molar-refractivity contribution in [3.63, 3.8) is 0 Å². The van der Waals surface area contributed by atoms with E-state index in [9.17, 15) is 30.0 Å². The lowest BCUT2D eigenvalue weighted by molar-refractivity contribution is 0.0731. The molecule has 1 heterocycles. The highest BCUT2D eigenvalue weighted by atomic mass is 16.5. The Morgan fingerprint density at radius 2 is 1.72 bits per heavy atom. The van der Waals surface area contributed by atoms with Crippen molar-refractivity contribution in [1.29, 1.82) is 5.26 Å². The van der Waals surface area contributed by atoms with E-state index in [1.165, 1.54) is 30.3 Å². The molecule has 0 radical (unpaired) electrons. The number of benzene rings is 3. The van der Waals surface area contributed by atoms with Crippen molar-refractivity contribution in [2.45, 2.75) is 0 Å². The highest BCUT2D eigenvalue weighted by molar-refractivity contribution is 5.94. The third-order valence-electron chi connectivity index (χ3n) is 4.58. The molecule has 9 nitrogen and oxygen atoms in total. The van der Waals surface area contributed by atoms with E-state index in [0.29, 0.717) is 0 Å². The number of esters is 1. The number of carbonyl (C=O) groups is 1. The third kappa shape index (κ3) is 3.53. The fourth-order valence-electron chi connectivity index (χ4n) is 3.08. The van der Waals surface area contributed by atoms with Crippen molar-refractivity contribution in [2.75, 3.05) is 0 Å². The molecule has 0 bridgehead atoms. The first-order chi connectivity index (χ1) is 15.3. The monoisotopic (exact) mass is 431 g/mol. The van der Waals surface area contributed by atoms with Crippen LogP contribution in [-0.4, -0.2) is 26.4 Å². The number of hydrogen-bond donors (Lipinski definition) is 4. The van der Waals surface area contributed by atoms with Crippen molar-refractivity contribution in [1.82, 2.24) is 0 Å². The van der Waals surface area contributed by atoms with Crippen molar-refractivity contribution < 1.29 is 34.4 Å². The number of carbonyl (C=O) groups excluding carboxylic acids is 1. The predicted molar refractivity (Wildman–Crippen MR) is 111 cm³/mol. The summed E-state index contributed by atoms with van der Waals surface area (Å²) >= 11 is 0. The Morgan fingerprint density at radius 3 is 2.44 bits per heavy atom. The molecule has 4 aromatic rings. The van der Waals surface area contributed by atoms with Gasteiger partial charge in [0.15, 0.2) is 17.3 Å². The summed E-state index contributed by atoms with van der Waals surface area (Å²) < 4.78 is 11.0. The van der Waals surface area contributed by atoms with Gasteiger partial charge in [-0.15, -0.1) is 0 Å². The molecule has 158 valence electrons. The van der Waals surface area contributed by atoms with E-state index in [1.54, 1.807) is 0 Å². The van der Waals surface area contributed by atoms with Crippen molar-refractivity contribution in [3.05, 3.63) is 75.9 Å². The molecule has 4 rings (SSSR count). The number of nitrogens with zero attached hydrogens (tertiary/aromatic N) is 1. The minimum Gasteiger partial charge on any atom is -0.508 e. The van der Waals surface area contributed by atoms with Crippen LogP contribution in [-0.2, 0) is 0 Å². The third-order valence-corrected chi connectivity index (χ3v) is 4.58. The molecule has 0 aliphatic carbocycles. The quantitative estimate of drug-likeness (QED) is 0.281. The minimum absolute atomic E-state index is 0.0158. The lowest BCUT2D eigenvalue weighted by atomic mass is 10.1. The molecule has 9 heteroatoms.